The summed E-state index contributed by atoms with van der Waals surface area (Å²) < 4.78 is 0. The lowest BCUT2D eigenvalue weighted by molar-refractivity contribution is -0.130. The predicted octanol–water partition coefficient (Wildman–Crippen LogP) is 2.30. The maximum atomic E-state index is 11.8. The van der Waals surface area contributed by atoms with E-state index < -0.39 is 0 Å². The van der Waals surface area contributed by atoms with E-state index in [0.717, 1.165) is 12.0 Å². The molecule has 0 heterocycles. The number of nitriles is 1. The standard InChI is InChI=1S/C14H18N2O/c1-3-16(11-10-15)14(17)9-8-13-6-4-12(2)5-7-13/h4-7H,3,8-9,11H2,1-2H3. The monoisotopic (exact) mass is 230 g/mol. The minimum absolute atomic E-state index is 0.0506. The van der Waals surface area contributed by atoms with Crippen LogP contribution in [-0.4, -0.2) is 23.9 Å². The first-order valence-electron chi connectivity index (χ1n) is 5.87. The molecule has 90 valence electrons. The van der Waals surface area contributed by atoms with Gasteiger partial charge in [0.25, 0.3) is 0 Å². The van der Waals surface area contributed by atoms with Gasteiger partial charge >= 0.3 is 0 Å². The summed E-state index contributed by atoms with van der Waals surface area (Å²) in [6.07, 6.45) is 1.21. The van der Waals surface area contributed by atoms with Gasteiger partial charge in [0.05, 0.1) is 6.07 Å². The van der Waals surface area contributed by atoms with Crippen LogP contribution in [0, 0.1) is 18.3 Å². The third kappa shape index (κ3) is 4.28. The molecule has 3 nitrogen and oxygen atoms in total. The highest BCUT2D eigenvalue weighted by Crippen LogP contribution is 2.07. The summed E-state index contributed by atoms with van der Waals surface area (Å²) >= 11 is 0. The molecule has 1 amide bonds. The summed E-state index contributed by atoms with van der Waals surface area (Å²) in [5.41, 5.74) is 2.39. The fraction of sp³-hybridized carbons (Fsp3) is 0.429. The second kappa shape index (κ2) is 6.70. The van der Waals surface area contributed by atoms with Gasteiger partial charge in [-0.1, -0.05) is 29.8 Å². The van der Waals surface area contributed by atoms with Crippen LogP contribution in [0.5, 0.6) is 0 Å². The first-order chi connectivity index (χ1) is 8.17. The van der Waals surface area contributed by atoms with Gasteiger partial charge in [-0.25, -0.2) is 0 Å². The van der Waals surface area contributed by atoms with Gasteiger partial charge in [0.15, 0.2) is 0 Å². The Labute approximate surface area is 103 Å². The van der Waals surface area contributed by atoms with Crippen LogP contribution in [-0.2, 0) is 11.2 Å². The van der Waals surface area contributed by atoms with E-state index >= 15 is 0 Å². The topological polar surface area (TPSA) is 44.1 Å². The highest BCUT2D eigenvalue weighted by atomic mass is 16.2. The van der Waals surface area contributed by atoms with E-state index in [-0.39, 0.29) is 12.5 Å². The highest BCUT2D eigenvalue weighted by Gasteiger charge is 2.10. The predicted molar refractivity (Wildman–Crippen MR) is 67.4 cm³/mol. The molecule has 0 aliphatic carbocycles. The van der Waals surface area contributed by atoms with Crippen molar-refractivity contribution in [3.05, 3.63) is 35.4 Å². The molecular formula is C14H18N2O. The van der Waals surface area contributed by atoms with Crippen LogP contribution < -0.4 is 0 Å². The number of hydrogen-bond acceptors (Lipinski definition) is 2. The van der Waals surface area contributed by atoms with Gasteiger partial charge in [-0.3, -0.25) is 4.79 Å². The van der Waals surface area contributed by atoms with Gasteiger partial charge in [0.2, 0.25) is 5.91 Å². The summed E-state index contributed by atoms with van der Waals surface area (Å²) in [4.78, 5) is 13.4. The van der Waals surface area contributed by atoms with E-state index in [1.54, 1.807) is 4.90 Å². The quantitative estimate of drug-likeness (QED) is 0.728. The maximum Gasteiger partial charge on any atom is 0.223 e. The molecule has 17 heavy (non-hydrogen) atoms. The van der Waals surface area contributed by atoms with Crippen molar-refractivity contribution in [3.63, 3.8) is 0 Å². The number of aryl methyl sites for hydroxylation is 2. The average Bonchev–Trinajstić information content (AvgIpc) is 2.35. The zero-order chi connectivity index (χ0) is 12.7. The van der Waals surface area contributed by atoms with Crippen LogP contribution >= 0.6 is 0 Å². The number of carbonyl (C=O) groups is 1. The maximum absolute atomic E-state index is 11.8. The van der Waals surface area contributed by atoms with Crippen molar-refractivity contribution in [2.75, 3.05) is 13.1 Å². The van der Waals surface area contributed by atoms with Crippen LogP contribution in [0.2, 0.25) is 0 Å². The fourth-order valence-corrected chi connectivity index (χ4v) is 1.63. The highest BCUT2D eigenvalue weighted by molar-refractivity contribution is 5.76. The van der Waals surface area contributed by atoms with E-state index in [1.165, 1.54) is 5.56 Å². The molecule has 0 atom stereocenters. The summed E-state index contributed by atoms with van der Waals surface area (Å²) in [7, 11) is 0. The molecule has 0 saturated heterocycles. The summed E-state index contributed by atoms with van der Waals surface area (Å²) in [6, 6.07) is 10.2. The van der Waals surface area contributed by atoms with Crippen molar-refractivity contribution in [3.8, 4) is 6.07 Å². The van der Waals surface area contributed by atoms with Gasteiger partial charge in [-0.2, -0.15) is 5.26 Å². The van der Waals surface area contributed by atoms with Crippen LogP contribution in [0.4, 0.5) is 0 Å². The molecule has 3 heteroatoms. The Kier molecular flexibility index (Phi) is 5.22. The Morgan fingerprint density at radius 1 is 1.35 bits per heavy atom. The minimum Gasteiger partial charge on any atom is -0.330 e. The molecule has 0 aliphatic heterocycles. The molecule has 0 unspecified atom stereocenters. The summed E-state index contributed by atoms with van der Waals surface area (Å²) in [6.45, 7) is 4.71. The number of benzene rings is 1. The Morgan fingerprint density at radius 3 is 2.53 bits per heavy atom. The normalized spacial score (nSPS) is 9.71. The van der Waals surface area contributed by atoms with Gasteiger partial charge in [-0.05, 0) is 25.8 Å². The van der Waals surface area contributed by atoms with Crippen molar-refractivity contribution in [2.24, 2.45) is 0 Å². The molecule has 0 aromatic heterocycles. The summed E-state index contributed by atoms with van der Waals surface area (Å²) in [5.74, 6) is 0.0506. The zero-order valence-corrected chi connectivity index (χ0v) is 10.4. The Bertz CT molecular complexity index is 403. The molecule has 1 aromatic carbocycles. The van der Waals surface area contributed by atoms with Crippen molar-refractivity contribution in [1.82, 2.24) is 4.90 Å². The van der Waals surface area contributed by atoms with E-state index in [2.05, 4.69) is 0 Å². The molecule has 0 aliphatic rings. The van der Waals surface area contributed by atoms with E-state index in [0.29, 0.717) is 13.0 Å². The van der Waals surface area contributed by atoms with E-state index in [1.807, 2.05) is 44.2 Å². The molecule has 0 spiro atoms. The van der Waals surface area contributed by atoms with Crippen molar-refractivity contribution < 1.29 is 4.79 Å². The third-order valence-electron chi connectivity index (χ3n) is 2.74. The average molecular weight is 230 g/mol. The minimum atomic E-state index is 0.0506. The van der Waals surface area contributed by atoms with Crippen molar-refractivity contribution in [1.29, 1.82) is 5.26 Å². The molecular weight excluding hydrogens is 212 g/mol. The van der Waals surface area contributed by atoms with Crippen molar-refractivity contribution in [2.45, 2.75) is 26.7 Å². The Morgan fingerprint density at radius 2 is 2.00 bits per heavy atom. The van der Waals surface area contributed by atoms with Gasteiger partial charge in [-0.15, -0.1) is 0 Å². The van der Waals surface area contributed by atoms with Crippen LogP contribution in [0.1, 0.15) is 24.5 Å². The molecule has 0 radical (unpaired) electrons. The SMILES string of the molecule is CCN(CC#N)C(=O)CCc1ccc(C)cc1. The molecule has 1 aromatic rings. The second-order valence-corrected chi connectivity index (χ2v) is 4.05. The lowest BCUT2D eigenvalue weighted by Gasteiger charge is -2.16. The fourth-order valence-electron chi connectivity index (χ4n) is 1.63. The molecule has 0 saturated carbocycles. The first-order valence-corrected chi connectivity index (χ1v) is 5.87. The number of amides is 1. The lowest BCUT2D eigenvalue weighted by Crippen LogP contribution is -2.31. The van der Waals surface area contributed by atoms with Crippen LogP contribution in [0.25, 0.3) is 0 Å². The number of rotatable bonds is 5. The largest absolute Gasteiger partial charge is 0.330 e. The van der Waals surface area contributed by atoms with Crippen LogP contribution in [0.3, 0.4) is 0 Å². The Hall–Kier alpha value is -1.82. The summed E-state index contributed by atoms with van der Waals surface area (Å²) in [5, 5.41) is 8.59. The Balaban J connectivity index is 2.47. The van der Waals surface area contributed by atoms with Crippen LogP contribution in [0.15, 0.2) is 24.3 Å². The number of carbonyl (C=O) groups excluding carboxylic acids is 1. The number of hydrogen-bond donors (Lipinski definition) is 0. The third-order valence-corrected chi connectivity index (χ3v) is 2.74. The zero-order valence-electron chi connectivity index (χ0n) is 10.4. The molecule has 1 rings (SSSR count). The van der Waals surface area contributed by atoms with Gasteiger partial charge in [0.1, 0.15) is 6.54 Å². The number of nitrogens with zero attached hydrogens (tertiary/aromatic N) is 2. The smallest absolute Gasteiger partial charge is 0.223 e. The molecule has 0 N–H and O–H groups in total. The molecule has 0 fully saturated rings. The van der Waals surface area contributed by atoms with Crippen molar-refractivity contribution >= 4 is 5.91 Å². The lowest BCUT2D eigenvalue weighted by atomic mass is 10.1. The first kappa shape index (κ1) is 13.2. The van der Waals surface area contributed by atoms with Gasteiger partial charge in [0, 0.05) is 13.0 Å². The van der Waals surface area contributed by atoms with Gasteiger partial charge < -0.3 is 4.90 Å². The van der Waals surface area contributed by atoms with E-state index in [9.17, 15) is 4.79 Å². The van der Waals surface area contributed by atoms with E-state index in [4.69, 9.17) is 5.26 Å². The molecule has 0 bridgehead atoms. The second-order valence-electron chi connectivity index (χ2n) is 4.05.